The number of nitrogens with zero attached hydrogens (tertiary/aromatic N) is 5. The molecule has 1 amide bonds. The summed E-state index contributed by atoms with van der Waals surface area (Å²) in [4.78, 5) is 28.0. The van der Waals surface area contributed by atoms with Gasteiger partial charge in [0.05, 0.1) is 0 Å². The largest absolute Gasteiger partial charge is 0.342 e. The van der Waals surface area contributed by atoms with Crippen molar-refractivity contribution < 1.29 is 4.79 Å². The summed E-state index contributed by atoms with van der Waals surface area (Å²) in [7, 11) is 0. The van der Waals surface area contributed by atoms with Gasteiger partial charge < -0.3 is 14.8 Å². The second-order valence-corrected chi connectivity index (χ2v) is 8.25. The SMILES string of the molecule is Cc1nccn1CCCC(=O)N1CCCC(c2cccc(Nc3nccs3)n2)C1. The lowest BCUT2D eigenvalue weighted by molar-refractivity contribution is -0.132. The Kier molecular flexibility index (Phi) is 6.19. The molecule has 0 radical (unpaired) electrons. The summed E-state index contributed by atoms with van der Waals surface area (Å²) in [6, 6.07) is 6.04. The molecule has 0 aromatic carbocycles. The Labute approximate surface area is 174 Å². The first-order chi connectivity index (χ1) is 14.2. The van der Waals surface area contributed by atoms with Crippen LogP contribution in [0.2, 0.25) is 0 Å². The average Bonchev–Trinajstić information content (AvgIpc) is 3.40. The molecular formula is C21H26N6OS. The van der Waals surface area contributed by atoms with Crippen LogP contribution in [-0.4, -0.2) is 43.4 Å². The van der Waals surface area contributed by atoms with E-state index in [1.807, 2.05) is 35.5 Å². The number of thiazole rings is 1. The van der Waals surface area contributed by atoms with Gasteiger partial charge in [0.15, 0.2) is 5.13 Å². The fraction of sp³-hybridized carbons (Fsp3) is 0.429. The Balaban J connectivity index is 1.33. The van der Waals surface area contributed by atoms with Gasteiger partial charge in [-0.3, -0.25) is 4.79 Å². The molecule has 7 nitrogen and oxygen atoms in total. The normalized spacial score (nSPS) is 16.7. The number of aryl methyl sites for hydroxylation is 2. The summed E-state index contributed by atoms with van der Waals surface area (Å²) >= 11 is 1.55. The van der Waals surface area contributed by atoms with Crippen molar-refractivity contribution in [2.75, 3.05) is 18.4 Å². The van der Waals surface area contributed by atoms with E-state index in [0.717, 1.165) is 61.4 Å². The van der Waals surface area contributed by atoms with Crippen LogP contribution in [0, 0.1) is 6.92 Å². The Morgan fingerprint density at radius 3 is 3.03 bits per heavy atom. The van der Waals surface area contributed by atoms with Crippen LogP contribution >= 0.6 is 11.3 Å². The first kappa shape index (κ1) is 19.6. The molecule has 29 heavy (non-hydrogen) atoms. The van der Waals surface area contributed by atoms with Crippen molar-refractivity contribution in [1.82, 2.24) is 24.4 Å². The second-order valence-electron chi connectivity index (χ2n) is 7.36. The summed E-state index contributed by atoms with van der Waals surface area (Å²) in [5, 5.41) is 6.02. The van der Waals surface area contributed by atoms with Crippen molar-refractivity contribution in [3.63, 3.8) is 0 Å². The summed E-state index contributed by atoms with van der Waals surface area (Å²) in [6.45, 7) is 4.41. The molecule has 0 spiro atoms. The van der Waals surface area contributed by atoms with E-state index >= 15 is 0 Å². The predicted octanol–water partition coefficient (Wildman–Crippen LogP) is 3.97. The number of amides is 1. The fourth-order valence-corrected chi connectivity index (χ4v) is 4.32. The Hall–Kier alpha value is -2.74. The molecule has 1 aliphatic heterocycles. The van der Waals surface area contributed by atoms with Gasteiger partial charge in [0.1, 0.15) is 11.6 Å². The molecule has 1 N–H and O–H groups in total. The minimum atomic E-state index is 0.240. The van der Waals surface area contributed by atoms with Crippen LogP contribution in [0.25, 0.3) is 0 Å². The first-order valence-corrected chi connectivity index (χ1v) is 11.0. The van der Waals surface area contributed by atoms with Gasteiger partial charge in [-0.15, -0.1) is 11.3 Å². The zero-order chi connectivity index (χ0) is 20.1. The number of piperidine rings is 1. The van der Waals surface area contributed by atoms with Gasteiger partial charge in [0.2, 0.25) is 5.91 Å². The third kappa shape index (κ3) is 5.00. The van der Waals surface area contributed by atoms with Gasteiger partial charge in [-0.2, -0.15) is 0 Å². The zero-order valence-corrected chi connectivity index (χ0v) is 17.4. The van der Waals surface area contributed by atoms with Gasteiger partial charge in [-0.1, -0.05) is 6.07 Å². The Morgan fingerprint density at radius 2 is 2.24 bits per heavy atom. The van der Waals surface area contributed by atoms with Gasteiger partial charge in [-0.25, -0.2) is 15.0 Å². The number of hydrogen-bond acceptors (Lipinski definition) is 6. The van der Waals surface area contributed by atoms with E-state index in [2.05, 4.69) is 25.9 Å². The lowest BCUT2D eigenvalue weighted by Gasteiger charge is -2.32. The molecule has 0 saturated carbocycles. The number of aromatic nitrogens is 4. The van der Waals surface area contributed by atoms with Crippen molar-refractivity contribution in [1.29, 1.82) is 0 Å². The van der Waals surface area contributed by atoms with Crippen molar-refractivity contribution in [3.8, 4) is 0 Å². The van der Waals surface area contributed by atoms with Crippen LogP contribution in [0.5, 0.6) is 0 Å². The number of pyridine rings is 1. The summed E-state index contributed by atoms with van der Waals surface area (Å²) in [5.41, 5.74) is 1.04. The molecule has 1 aliphatic rings. The minimum Gasteiger partial charge on any atom is -0.342 e. The lowest BCUT2D eigenvalue weighted by atomic mass is 9.94. The molecular weight excluding hydrogens is 384 g/mol. The molecule has 1 saturated heterocycles. The lowest BCUT2D eigenvalue weighted by Crippen LogP contribution is -2.39. The van der Waals surface area contributed by atoms with Crippen LogP contribution in [-0.2, 0) is 11.3 Å². The van der Waals surface area contributed by atoms with E-state index in [1.54, 1.807) is 23.7 Å². The van der Waals surface area contributed by atoms with Crippen molar-refractivity contribution in [3.05, 3.63) is 53.7 Å². The molecule has 3 aromatic heterocycles. The molecule has 152 valence electrons. The van der Waals surface area contributed by atoms with Crippen LogP contribution in [0.3, 0.4) is 0 Å². The maximum absolute atomic E-state index is 12.7. The Morgan fingerprint density at radius 1 is 1.31 bits per heavy atom. The van der Waals surface area contributed by atoms with E-state index in [9.17, 15) is 4.79 Å². The van der Waals surface area contributed by atoms with Gasteiger partial charge in [0, 0.05) is 61.6 Å². The highest BCUT2D eigenvalue weighted by molar-refractivity contribution is 7.13. The smallest absolute Gasteiger partial charge is 0.222 e. The van der Waals surface area contributed by atoms with E-state index in [4.69, 9.17) is 4.98 Å². The van der Waals surface area contributed by atoms with Gasteiger partial charge >= 0.3 is 0 Å². The first-order valence-electron chi connectivity index (χ1n) is 10.1. The highest BCUT2D eigenvalue weighted by Gasteiger charge is 2.25. The number of likely N-dealkylation sites (tertiary alicyclic amines) is 1. The quantitative estimate of drug-likeness (QED) is 0.638. The molecule has 4 heterocycles. The van der Waals surface area contributed by atoms with Crippen LogP contribution < -0.4 is 5.32 Å². The molecule has 8 heteroatoms. The standard InChI is InChI=1S/C21H26N6OS/c1-16-22-9-13-26(16)11-4-8-20(28)27-12-3-5-17(15-27)18-6-2-7-19(24-18)25-21-23-10-14-29-21/h2,6-7,9-10,13-14,17H,3-5,8,11-12,15H2,1H3,(H,23,24,25). The van der Waals surface area contributed by atoms with Crippen molar-refractivity contribution in [2.24, 2.45) is 0 Å². The van der Waals surface area contributed by atoms with Crippen LogP contribution in [0.1, 0.15) is 43.1 Å². The van der Waals surface area contributed by atoms with E-state index in [-0.39, 0.29) is 11.8 Å². The highest BCUT2D eigenvalue weighted by atomic mass is 32.1. The predicted molar refractivity (Wildman–Crippen MR) is 114 cm³/mol. The number of carbonyl (C=O) groups is 1. The number of hydrogen-bond donors (Lipinski definition) is 1. The minimum absolute atomic E-state index is 0.240. The fourth-order valence-electron chi connectivity index (χ4n) is 3.79. The molecule has 0 bridgehead atoms. The Bertz CT molecular complexity index is 938. The van der Waals surface area contributed by atoms with E-state index in [1.165, 1.54) is 0 Å². The number of carbonyl (C=O) groups excluding carboxylic acids is 1. The molecule has 3 aromatic rings. The number of anilines is 2. The van der Waals surface area contributed by atoms with Gasteiger partial charge in [-0.05, 0) is 38.3 Å². The zero-order valence-electron chi connectivity index (χ0n) is 16.6. The van der Waals surface area contributed by atoms with Gasteiger partial charge in [0.25, 0.3) is 0 Å². The summed E-state index contributed by atoms with van der Waals surface area (Å²) < 4.78 is 2.09. The number of imidazole rings is 1. The average molecular weight is 411 g/mol. The van der Waals surface area contributed by atoms with E-state index in [0.29, 0.717) is 6.42 Å². The summed E-state index contributed by atoms with van der Waals surface area (Å²) in [6.07, 6.45) is 9.03. The molecule has 1 fully saturated rings. The molecule has 4 rings (SSSR count). The monoisotopic (exact) mass is 410 g/mol. The van der Waals surface area contributed by atoms with Crippen LogP contribution in [0.4, 0.5) is 10.9 Å². The number of rotatable bonds is 7. The van der Waals surface area contributed by atoms with Crippen molar-refractivity contribution in [2.45, 2.75) is 45.1 Å². The van der Waals surface area contributed by atoms with E-state index < -0.39 is 0 Å². The summed E-state index contributed by atoms with van der Waals surface area (Å²) in [5.74, 6) is 2.32. The molecule has 1 atom stereocenters. The second kappa shape index (κ2) is 9.17. The molecule has 1 unspecified atom stereocenters. The maximum atomic E-state index is 12.7. The topological polar surface area (TPSA) is 75.9 Å². The van der Waals surface area contributed by atoms with Crippen LogP contribution in [0.15, 0.2) is 42.2 Å². The molecule has 0 aliphatic carbocycles. The third-order valence-corrected chi connectivity index (χ3v) is 6.03. The number of nitrogens with one attached hydrogen (secondary N) is 1. The van der Waals surface area contributed by atoms with Crippen molar-refractivity contribution >= 4 is 28.2 Å². The highest BCUT2D eigenvalue weighted by Crippen LogP contribution is 2.27. The maximum Gasteiger partial charge on any atom is 0.222 e. The third-order valence-electron chi connectivity index (χ3n) is 5.34.